The van der Waals surface area contributed by atoms with Crippen molar-refractivity contribution in [3.05, 3.63) is 48.5 Å². The van der Waals surface area contributed by atoms with E-state index in [4.69, 9.17) is 12.2 Å². The van der Waals surface area contributed by atoms with Gasteiger partial charge in [0.25, 0.3) is 0 Å². The van der Waals surface area contributed by atoms with Gasteiger partial charge >= 0.3 is 0 Å². The van der Waals surface area contributed by atoms with Crippen molar-refractivity contribution in [2.24, 2.45) is 4.99 Å². The Kier molecular flexibility index (Phi) is 3.99. The minimum Gasteiger partial charge on any atom is -0.332 e. The predicted molar refractivity (Wildman–Crippen MR) is 97.4 cm³/mol. The average molecular weight is 334 g/mol. The summed E-state index contributed by atoms with van der Waals surface area (Å²) in [5, 5.41) is 6.48. The molecule has 5 N–H and O–H groups in total. The van der Waals surface area contributed by atoms with Crippen LogP contribution in [-0.4, -0.2) is 19.8 Å². The molecule has 1 aliphatic heterocycles. The van der Waals surface area contributed by atoms with Crippen molar-refractivity contribution in [1.82, 2.24) is 0 Å². The molecular weight excluding hydrogens is 320 g/mol. The van der Waals surface area contributed by atoms with Gasteiger partial charge in [0.05, 0.1) is 11.4 Å². The molecule has 1 heterocycles. The van der Waals surface area contributed by atoms with Crippen molar-refractivity contribution < 1.29 is 9.11 Å². The van der Waals surface area contributed by atoms with Crippen LogP contribution in [0.3, 0.4) is 0 Å². The van der Waals surface area contributed by atoms with Gasteiger partial charge in [-0.1, -0.05) is 35.0 Å². The summed E-state index contributed by atoms with van der Waals surface area (Å²) in [6.07, 6.45) is 0. The number of benzene rings is 2. The molecule has 2 aromatic rings. The number of anilines is 3. The van der Waals surface area contributed by atoms with Crippen LogP contribution in [0, 0.1) is 0 Å². The van der Waals surface area contributed by atoms with Crippen molar-refractivity contribution in [2.75, 3.05) is 15.4 Å². The van der Waals surface area contributed by atoms with Crippen LogP contribution < -0.4 is 15.4 Å². The monoisotopic (exact) mass is 334 g/mol. The Hall–Kier alpha value is -2.13. The molecule has 0 fully saturated rings. The van der Waals surface area contributed by atoms with E-state index in [1.54, 1.807) is 12.1 Å². The summed E-state index contributed by atoms with van der Waals surface area (Å²) in [7, 11) is -3.06. The first-order valence-corrected chi connectivity index (χ1v) is 8.41. The van der Waals surface area contributed by atoms with Gasteiger partial charge in [-0.3, -0.25) is 13.8 Å². The molecule has 3 rings (SSSR count). The second kappa shape index (κ2) is 5.93. The van der Waals surface area contributed by atoms with Crippen LogP contribution in [-0.2, 0) is 0 Å². The second-order valence-corrected chi connectivity index (χ2v) is 6.58. The van der Waals surface area contributed by atoms with E-state index in [-0.39, 0.29) is 0 Å². The lowest BCUT2D eigenvalue weighted by atomic mass is 10.2. The maximum atomic E-state index is 9.72. The van der Waals surface area contributed by atoms with Crippen LogP contribution in [0.15, 0.2) is 53.5 Å². The number of thiocarbonyl (C=S) groups is 1. The molecule has 0 saturated heterocycles. The van der Waals surface area contributed by atoms with E-state index in [0.29, 0.717) is 22.2 Å². The normalized spacial score (nSPS) is 16.1. The summed E-state index contributed by atoms with van der Waals surface area (Å²) >= 11 is 5.27. The van der Waals surface area contributed by atoms with Gasteiger partial charge < -0.3 is 10.6 Å². The van der Waals surface area contributed by atoms with Crippen molar-refractivity contribution in [2.45, 2.75) is 0 Å². The summed E-state index contributed by atoms with van der Waals surface area (Å²) in [5.74, 6) is 0. The number of hydrogen-bond donors (Lipinski definition) is 5. The third-order valence-corrected chi connectivity index (χ3v) is 4.02. The molecule has 1 aliphatic rings. The number of nitrogens with one attached hydrogen (secondary N) is 3. The highest BCUT2D eigenvalue weighted by molar-refractivity contribution is 8.36. The quantitative estimate of drug-likeness (QED) is 0.528. The summed E-state index contributed by atoms with van der Waals surface area (Å²) in [6, 6.07) is 14.9. The number of rotatable bonds is 2. The maximum absolute atomic E-state index is 9.72. The zero-order valence-electron chi connectivity index (χ0n) is 11.4. The smallest absolute Gasteiger partial charge is 0.175 e. The molecule has 8 heteroatoms. The van der Waals surface area contributed by atoms with Gasteiger partial charge in [0.2, 0.25) is 0 Å². The van der Waals surface area contributed by atoms with Crippen LogP contribution in [0.4, 0.5) is 22.7 Å². The zero-order valence-corrected chi connectivity index (χ0v) is 13.0. The summed E-state index contributed by atoms with van der Waals surface area (Å²) in [4.78, 5) is 4.04. The van der Waals surface area contributed by atoms with Crippen LogP contribution in [0.2, 0.25) is 0 Å². The lowest BCUT2D eigenvalue weighted by Gasteiger charge is -2.33. The molecule has 0 radical (unpaired) electrons. The molecule has 6 nitrogen and oxygen atoms in total. The molecule has 2 aromatic carbocycles. The second-order valence-electron chi connectivity index (χ2n) is 4.57. The lowest BCUT2D eigenvalue weighted by Crippen LogP contribution is -2.21. The maximum Gasteiger partial charge on any atom is 0.175 e. The van der Waals surface area contributed by atoms with Crippen LogP contribution in [0.5, 0.6) is 0 Å². The van der Waals surface area contributed by atoms with Crippen LogP contribution in [0.25, 0.3) is 0 Å². The van der Waals surface area contributed by atoms with Gasteiger partial charge in [-0.15, -0.1) is 0 Å². The molecule has 0 saturated carbocycles. The van der Waals surface area contributed by atoms with E-state index in [1.165, 1.54) is 0 Å². The van der Waals surface area contributed by atoms with Crippen molar-refractivity contribution >= 4 is 56.4 Å². The topological polar surface area (TPSA) is 88.9 Å². The van der Waals surface area contributed by atoms with E-state index in [1.807, 2.05) is 36.4 Å². The highest BCUT2D eigenvalue weighted by atomic mass is 32.3. The van der Waals surface area contributed by atoms with E-state index >= 15 is 0 Å². The highest BCUT2D eigenvalue weighted by Crippen LogP contribution is 2.47. The van der Waals surface area contributed by atoms with Crippen molar-refractivity contribution in [1.29, 1.82) is 0 Å². The summed E-state index contributed by atoms with van der Waals surface area (Å²) < 4.78 is 22.1. The zero-order chi connectivity index (χ0) is 15.6. The fraction of sp³-hybridized carbons (Fsp3) is 0. The number of aliphatic imine (C=N–C) groups is 1. The predicted octanol–water partition coefficient (Wildman–Crippen LogP) is 4.25. The average Bonchev–Trinajstić information content (AvgIpc) is 2.48. The molecule has 0 unspecified atom stereocenters. The molecule has 0 atom stereocenters. The van der Waals surface area contributed by atoms with Gasteiger partial charge in [-0.2, -0.15) is 0 Å². The first kappa shape index (κ1) is 14.8. The van der Waals surface area contributed by atoms with Crippen molar-refractivity contribution in [3.63, 3.8) is 0 Å². The Balaban J connectivity index is 1.79. The van der Waals surface area contributed by atoms with E-state index in [2.05, 4.69) is 20.3 Å². The summed E-state index contributed by atoms with van der Waals surface area (Å²) in [6.45, 7) is 0. The van der Waals surface area contributed by atoms with E-state index in [9.17, 15) is 9.11 Å². The number of nitrogens with zero attached hydrogens (tertiary/aromatic N) is 1. The number of hydrogen-bond acceptors (Lipinski definition) is 5. The largest absolute Gasteiger partial charge is 0.332 e. The Morgan fingerprint density at radius 1 is 1.05 bits per heavy atom. The first-order valence-electron chi connectivity index (χ1n) is 6.40. The molecule has 114 valence electrons. The fourth-order valence-corrected chi connectivity index (χ4v) is 3.03. The highest BCUT2D eigenvalue weighted by Gasteiger charge is 2.20. The minimum absolute atomic E-state index is 0.396. The standard InChI is InChI=1S/C14H14N4O2S2/c19-22(20)9-15-11-7-4-8-12(13(11)18-22)17-14(21)16-10-5-2-1-3-6-10/h1-9,18-20H,(H2,16,17,21). The van der Waals surface area contributed by atoms with Crippen molar-refractivity contribution in [3.8, 4) is 0 Å². The fourth-order valence-electron chi connectivity index (χ4n) is 1.97. The molecule has 0 amide bonds. The van der Waals surface area contributed by atoms with Gasteiger partial charge in [0, 0.05) is 5.69 Å². The van der Waals surface area contributed by atoms with Gasteiger partial charge in [0.1, 0.15) is 11.2 Å². The molecule has 22 heavy (non-hydrogen) atoms. The van der Waals surface area contributed by atoms with Gasteiger partial charge in [-0.05, 0) is 36.5 Å². The Morgan fingerprint density at radius 2 is 1.82 bits per heavy atom. The Bertz CT molecular complexity index is 735. The lowest BCUT2D eigenvalue weighted by molar-refractivity contribution is 0.511. The Labute approximate surface area is 134 Å². The molecule has 0 spiro atoms. The molecule has 0 aromatic heterocycles. The molecular formula is C14H14N4O2S2. The van der Waals surface area contributed by atoms with Gasteiger partial charge in [0.15, 0.2) is 5.11 Å². The third-order valence-electron chi connectivity index (χ3n) is 2.91. The first-order chi connectivity index (χ1) is 10.5. The summed E-state index contributed by atoms with van der Waals surface area (Å²) in [5.41, 5.74) is 3.70. The number of para-hydroxylation sites is 2. The SMILES string of the molecule is OS1(O)C=Nc2cccc(NC(=S)Nc3ccccc3)c2N1. The van der Waals surface area contributed by atoms with Crippen LogP contribution >= 0.6 is 23.0 Å². The van der Waals surface area contributed by atoms with Crippen LogP contribution in [0.1, 0.15) is 0 Å². The van der Waals surface area contributed by atoms with E-state index in [0.717, 1.165) is 11.2 Å². The van der Waals surface area contributed by atoms with E-state index < -0.39 is 10.8 Å². The number of fused-ring (bicyclic) bond motifs is 1. The molecule has 0 bridgehead atoms. The Morgan fingerprint density at radius 3 is 2.59 bits per heavy atom. The molecule has 0 aliphatic carbocycles. The third kappa shape index (κ3) is 3.37. The van der Waals surface area contributed by atoms with Gasteiger partial charge in [-0.25, -0.2) is 4.99 Å². The minimum atomic E-state index is -3.06.